The maximum atomic E-state index is 12.2. The van der Waals surface area contributed by atoms with E-state index in [1.165, 1.54) is 33.3 Å². The second-order valence-electron chi connectivity index (χ2n) is 8.62. The Bertz CT molecular complexity index is 886. The van der Waals surface area contributed by atoms with Gasteiger partial charge in [0, 0.05) is 18.3 Å². The van der Waals surface area contributed by atoms with Gasteiger partial charge in [-0.05, 0) is 19.4 Å². The Hall–Kier alpha value is -3.21. The molecule has 11 heteroatoms. The molecule has 0 aliphatic rings. The number of nitrogens with zero attached hydrogens (tertiary/aromatic N) is 1. The van der Waals surface area contributed by atoms with E-state index in [4.69, 9.17) is 18.9 Å². The lowest BCUT2D eigenvalue weighted by atomic mass is 9.81. The second-order valence-corrected chi connectivity index (χ2v) is 8.62. The van der Waals surface area contributed by atoms with Gasteiger partial charge in [-0.25, -0.2) is 0 Å². The van der Waals surface area contributed by atoms with Gasteiger partial charge >= 0.3 is 11.9 Å². The molecular formula is C22H31NO10. The highest BCUT2D eigenvalue weighted by molar-refractivity contribution is 5.91. The molecule has 184 valence electrons. The second kappa shape index (κ2) is 11.6. The summed E-state index contributed by atoms with van der Waals surface area (Å²) in [5, 5.41) is 21.5. The van der Waals surface area contributed by atoms with Crippen molar-refractivity contribution in [3.63, 3.8) is 0 Å². The maximum absolute atomic E-state index is 12.2. The Kier molecular flexibility index (Phi) is 9.78. The van der Waals surface area contributed by atoms with Crippen LogP contribution in [-0.2, 0) is 30.5 Å². The molecule has 1 N–H and O–H groups in total. The number of ether oxygens (including phenoxy) is 4. The topological polar surface area (TPSA) is 152 Å². The van der Waals surface area contributed by atoms with Crippen molar-refractivity contribution in [2.45, 2.75) is 59.2 Å². The summed E-state index contributed by atoms with van der Waals surface area (Å²) in [6.07, 6.45) is -0.167. The molecule has 0 saturated carbocycles. The first-order chi connectivity index (χ1) is 15.2. The zero-order valence-electron chi connectivity index (χ0n) is 19.8. The lowest BCUT2D eigenvalue weighted by Crippen LogP contribution is -2.46. The number of methoxy groups -OCH3 is 2. The number of rotatable bonds is 12. The minimum absolute atomic E-state index is 0.0983. The molecule has 1 rings (SSSR count). The molecule has 1 aromatic rings. The van der Waals surface area contributed by atoms with Crippen LogP contribution >= 0.6 is 0 Å². The summed E-state index contributed by atoms with van der Waals surface area (Å²) in [5.41, 5.74) is -2.79. The van der Waals surface area contributed by atoms with Gasteiger partial charge in [0.15, 0.2) is 22.9 Å². The average Bonchev–Trinajstić information content (AvgIpc) is 2.74. The van der Waals surface area contributed by atoms with Crippen LogP contribution in [0.5, 0.6) is 11.5 Å². The van der Waals surface area contributed by atoms with E-state index in [2.05, 4.69) is 0 Å². The van der Waals surface area contributed by atoms with E-state index in [0.29, 0.717) is 0 Å². The quantitative estimate of drug-likeness (QED) is 0.275. The van der Waals surface area contributed by atoms with E-state index in [9.17, 15) is 29.6 Å². The van der Waals surface area contributed by atoms with Crippen LogP contribution in [0.25, 0.3) is 0 Å². The van der Waals surface area contributed by atoms with Crippen LogP contribution in [0, 0.1) is 15.5 Å². The van der Waals surface area contributed by atoms with E-state index >= 15 is 0 Å². The molecule has 0 radical (unpaired) electrons. The molecule has 1 atom stereocenters. The Morgan fingerprint density at radius 1 is 0.970 bits per heavy atom. The van der Waals surface area contributed by atoms with Crippen molar-refractivity contribution < 1.29 is 43.4 Å². The highest BCUT2D eigenvalue weighted by Gasteiger charge is 2.39. The SMILES string of the molecule is COc1cc(COC(=O)CCCC(=O)OC[C@@](C)(O)C(=O)C(C)(C)C)c([N+](=O)[O-])cc1OC. The molecule has 0 spiro atoms. The number of carbonyl (C=O) groups is 3. The highest BCUT2D eigenvalue weighted by Crippen LogP contribution is 2.34. The van der Waals surface area contributed by atoms with Crippen molar-refractivity contribution in [2.75, 3.05) is 20.8 Å². The molecule has 0 amide bonds. The lowest BCUT2D eigenvalue weighted by molar-refractivity contribution is -0.385. The predicted octanol–water partition coefficient (Wildman–Crippen LogP) is 2.73. The van der Waals surface area contributed by atoms with Gasteiger partial charge < -0.3 is 24.1 Å². The summed E-state index contributed by atoms with van der Waals surface area (Å²) in [6, 6.07) is 2.53. The van der Waals surface area contributed by atoms with Crippen LogP contribution in [0.2, 0.25) is 0 Å². The zero-order valence-corrected chi connectivity index (χ0v) is 19.8. The molecule has 0 fully saturated rings. The number of esters is 2. The number of Topliss-reactive ketones (excluding diaryl/α,β-unsaturated/α-hetero) is 1. The van der Waals surface area contributed by atoms with Gasteiger partial charge in [-0.15, -0.1) is 0 Å². The highest BCUT2D eigenvalue weighted by atomic mass is 16.6. The van der Waals surface area contributed by atoms with E-state index in [1.54, 1.807) is 20.8 Å². The number of carbonyl (C=O) groups excluding carboxylic acids is 3. The molecule has 0 unspecified atom stereocenters. The smallest absolute Gasteiger partial charge is 0.306 e. The molecule has 0 aliphatic heterocycles. The molecule has 0 saturated heterocycles. The zero-order chi connectivity index (χ0) is 25.4. The van der Waals surface area contributed by atoms with Crippen molar-refractivity contribution in [2.24, 2.45) is 5.41 Å². The Balaban J connectivity index is 2.55. The first-order valence-corrected chi connectivity index (χ1v) is 10.2. The van der Waals surface area contributed by atoms with E-state index in [-0.39, 0.29) is 48.6 Å². The maximum Gasteiger partial charge on any atom is 0.306 e. The summed E-state index contributed by atoms with van der Waals surface area (Å²) in [7, 11) is 2.72. The van der Waals surface area contributed by atoms with Crippen molar-refractivity contribution in [3.8, 4) is 11.5 Å². The summed E-state index contributed by atoms with van der Waals surface area (Å²) in [4.78, 5) is 46.7. The molecule has 0 heterocycles. The van der Waals surface area contributed by atoms with Crippen LogP contribution in [-0.4, -0.2) is 54.2 Å². The predicted molar refractivity (Wildman–Crippen MR) is 116 cm³/mol. The van der Waals surface area contributed by atoms with Gasteiger partial charge in [0.25, 0.3) is 5.69 Å². The summed E-state index contributed by atoms with van der Waals surface area (Å²) in [6.45, 7) is 5.36. The number of aliphatic hydroxyl groups is 1. The minimum atomic E-state index is -1.82. The number of hydrogen-bond acceptors (Lipinski definition) is 10. The summed E-state index contributed by atoms with van der Waals surface area (Å²) in [5.74, 6) is -1.39. The van der Waals surface area contributed by atoms with Crippen LogP contribution in [0.15, 0.2) is 12.1 Å². The van der Waals surface area contributed by atoms with Gasteiger partial charge in [0.2, 0.25) is 0 Å². The third-order valence-corrected chi connectivity index (χ3v) is 4.62. The van der Waals surface area contributed by atoms with Crippen LogP contribution in [0.3, 0.4) is 0 Å². The lowest BCUT2D eigenvalue weighted by Gasteiger charge is -2.28. The number of hydrogen-bond donors (Lipinski definition) is 1. The summed E-state index contributed by atoms with van der Waals surface area (Å²) < 4.78 is 20.2. The van der Waals surface area contributed by atoms with Gasteiger partial charge in [0.05, 0.1) is 30.8 Å². The number of benzene rings is 1. The van der Waals surface area contributed by atoms with Crippen molar-refractivity contribution in [1.82, 2.24) is 0 Å². The monoisotopic (exact) mass is 469 g/mol. The van der Waals surface area contributed by atoms with Gasteiger partial charge in [-0.1, -0.05) is 20.8 Å². The molecule has 0 aliphatic carbocycles. The van der Waals surface area contributed by atoms with E-state index < -0.39 is 40.3 Å². The Labute approximate surface area is 192 Å². The fourth-order valence-corrected chi connectivity index (χ4v) is 2.97. The molecular weight excluding hydrogens is 438 g/mol. The third-order valence-electron chi connectivity index (χ3n) is 4.62. The molecule has 0 bridgehead atoms. The van der Waals surface area contributed by atoms with Crippen LogP contribution in [0.4, 0.5) is 5.69 Å². The largest absolute Gasteiger partial charge is 0.493 e. The fourth-order valence-electron chi connectivity index (χ4n) is 2.97. The average molecular weight is 469 g/mol. The molecule has 0 aromatic heterocycles. The number of nitro benzene ring substituents is 1. The van der Waals surface area contributed by atoms with Gasteiger partial charge in [-0.3, -0.25) is 24.5 Å². The number of nitro groups is 1. The standard InChI is InChI=1S/C22H31NO10/c1-21(2,3)20(26)22(4,27)13-33-19(25)9-7-8-18(24)32-12-14-10-16(30-5)17(31-6)11-15(14)23(28)29/h10-11,27H,7-9,12-13H2,1-6H3/t22-/m1/s1. The van der Waals surface area contributed by atoms with Crippen molar-refractivity contribution in [3.05, 3.63) is 27.8 Å². The van der Waals surface area contributed by atoms with E-state index in [1.807, 2.05) is 0 Å². The molecule has 33 heavy (non-hydrogen) atoms. The minimum Gasteiger partial charge on any atom is -0.493 e. The van der Waals surface area contributed by atoms with Crippen LogP contribution < -0.4 is 9.47 Å². The summed E-state index contributed by atoms with van der Waals surface area (Å²) >= 11 is 0. The van der Waals surface area contributed by atoms with Gasteiger partial charge in [0.1, 0.15) is 13.2 Å². The first kappa shape index (κ1) is 27.8. The van der Waals surface area contributed by atoms with Crippen molar-refractivity contribution in [1.29, 1.82) is 0 Å². The van der Waals surface area contributed by atoms with Crippen molar-refractivity contribution >= 4 is 23.4 Å². The Morgan fingerprint density at radius 3 is 1.97 bits per heavy atom. The van der Waals surface area contributed by atoms with Crippen LogP contribution in [0.1, 0.15) is 52.5 Å². The van der Waals surface area contributed by atoms with E-state index in [0.717, 1.165) is 0 Å². The normalized spacial score (nSPS) is 12.9. The molecule has 1 aromatic carbocycles. The molecule has 11 nitrogen and oxygen atoms in total. The third kappa shape index (κ3) is 8.33. The fraction of sp³-hybridized carbons (Fsp3) is 0.591. The number of ketones is 1. The van der Waals surface area contributed by atoms with Gasteiger partial charge in [-0.2, -0.15) is 0 Å². The Morgan fingerprint density at radius 2 is 1.48 bits per heavy atom. The first-order valence-electron chi connectivity index (χ1n) is 10.2.